The normalized spacial score (nSPS) is 15.8. The Morgan fingerprint density at radius 1 is 0.925 bits per heavy atom. The summed E-state index contributed by atoms with van der Waals surface area (Å²) in [5.74, 6) is -0.422. The Morgan fingerprint density at radius 3 is 1.90 bits per heavy atom. The van der Waals surface area contributed by atoms with Crippen LogP contribution in [0.2, 0.25) is 0 Å². The summed E-state index contributed by atoms with van der Waals surface area (Å²) in [6.45, 7) is 7.55. The van der Waals surface area contributed by atoms with Gasteiger partial charge in [0.1, 0.15) is 17.2 Å². The Balaban J connectivity index is 1.61. The van der Waals surface area contributed by atoms with E-state index in [4.69, 9.17) is 4.74 Å². The number of alkyl halides is 3. The van der Waals surface area contributed by atoms with Crippen LogP contribution in [0.4, 0.5) is 18.0 Å². The summed E-state index contributed by atoms with van der Waals surface area (Å²) < 4.78 is 72.5. The molecule has 0 bridgehead atoms. The lowest BCUT2D eigenvalue weighted by molar-refractivity contribution is -0.274. The average molecular weight is 588 g/mol. The van der Waals surface area contributed by atoms with Crippen molar-refractivity contribution in [2.75, 3.05) is 38.5 Å². The van der Waals surface area contributed by atoms with Gasteiger partial charge in [-0.3, -0.25) is 9.69 Å². The number of hydrogen-bond acceptors (Lipinski definition) is 7. The highest BCUT2D eigenvalue weighted by molar-refractivity contribution is 7.91. The summed E-state index contributed by atoms with van der Waals surface area (Å²) in [5, 5.41) is 11.6. The lowest BCUT2D eigenvalue weighted by atomic mass is 9.94. The number of sulfone groups is 1. The summed E-state index contributed by atoms with van der Waals surface area (Å²) in [6, 6.07) is 9.18. The van der Waals surface area contributed by atoms with Crippen LogP contribution in [0, 0.1) is 5.41 Å². The molecule has 10 nitrogen and oxygen atoms in total. The molecule has 1 aliphatic rings. The lowest BCUT2D eigenvalue weighted by Gasteiger charge is -2.38. The van der Waals surface area contributed by atoms with E-state index in [0.29, 0.717) is 26.2 Å². The Bertz CT molecular complexity index is 1270. The molecule has 0 aliphatic carbocycles. The van der Waals surface area contributed by atoms with E-state index in [2.05, 4.69) is 10.1 Å². The van der Waals surface area contributed by atoms with Crippen molar-refractivity contribution in [1.82, 2.24) is 15.1 Å². The molecule has 1 unspecified atom stereocenters. The number of carboxylic acid groups (broad SMARTS) is 1. The molecule has 1 aliphatic heterocycles. The molecule has 3 rings (SSSR count). The van der Waals surface area contributed by atoms with Crippen LogP contribution in [0.3, 0.4) is 0 Å². The molecule has 2 N–H and O–H groups in total. The van der Waals surface area contributed by atoms with Gasteiger partial charge in [-0.15, -0.1) is 13.2 Å². The number of carbonyl (C=O) groups is 2. The van der Waals surface area contributed by atoms with Crippen LogP contribution in [0.15, 0.2) is 53.4 Å². The zero-order valence-corrected chi connectivity index (χ0v) is 23.1. The second kappa shape index (κ2) is 12.3. The molecule has 1 atom stereocenters. The van der Waals surface area contributed by atoms with E-state index >= 15 is 0 Å². The third-order valence-corrected chi connectivity index (χ3v) is 7.84. The molecule has 1 saturated heterocycles. The van der Waals surface area contributed by atoms with E-state index in [-0.39, 0.29) is 28.8 Å². The summed E-state index contributed by atoms with van der Waals surface area (Å²) in [6.07, 6.45) is -6.17. The van der Waals surface area contributed by atoms with Gasteiger partial charge < -0.3 is 24.8 Å². The minimum Gasteiger partial charge on any atom is -0.465 e. The zero-order valence-electron chi connectivity index (χ0n) is 22.3. The van der Waals surface area contributed by atoms with Crippen molar-refractivity contribution < 1.29 is 45.8 Å². The van der Waals surface area contributed by atoms with Gasteiger partial charge in [0.05, 0.1) is 16.7 Å². The van der Waals surface area contributed by atoms with Crippen LogP contribution in [-0.2, 0) is 14.6 Å². The predicted molar refractivity (Wildman–Crippen MR) is 139 cm³/mol. The van der Waals surface area contributed by atoms with Gasteiger partial charge in [0.2, 0.25) is 5.91 Å². The molecule has 40 heavy (non-hydrogen) atoms. The van der Waals surface area contributed by atoms with Crippen molar-refractivity contribution in [2.45, 2.75) is 38.1 Å². The molecule has 14 heteroatoms. The zero-order chi connectivity index (χ0) is 29.7. The molecule has 1 fully saturated rings. The highest BCUT2D eigenvalue weighted by Gasteiger charge is 2.32. The molecule has 0 aromatic heterocycles. The molecular weight excluding hydrogens is 555 g/mol. The van der Waals surface area contributed by atoms with Gasteiger partial charge in [0.25, 0.3) is 0 Å². The maximum atomic E-state index is 13.1. The second-order valence-electron chi connectivity index (χ2n) is 10.4. The first-order valence-electron chi connectivity index (χ1n) is 12.4. The third-order valence-electron chi connectivity index (χ3n) is 6.00. The largest absolute Gasteiger partial charge is 0.573 e. The Hall–Kier alpha value is -3.52. The molecule has 2 amide bonds. The summed E-state index contributed by atoms with van der Waals surface area (Å²) in [5.41, 5.74) is -0.513. The molecule has 0 radical (unpaired) electrons. The van der Waals surface area contributed by atoms with Gasteiger partial charge in [0.15, 0.2) is 9.84 Å². The summed E-state index contributed by atoms with van der Waals surface area (Å²) >= 11 is 0. The van der Waals surface area contributed by atoms with Crippen molar-refractivity contribution in [3.63, 3.8) is 0 Å². The molecule has 1 heterocycles. The van der Waals surface area contributed by atoms with Gasteiger partial charge in [-0.05, 0) is 48.5 Å². The van der Waals surface area contributed by atoms with Crippen LogP contribution in [0.5, 0.6) is 17.2 Å². The van der Waals surface area contributed by atoms with E-state index in [1.54, 1.807) is 4.90 Å². The molecular formula is C26H32F3N3O7S. The number of carbonyl (C=O) groups excluding carboxylic acids is 1. The van der Waals surface area contributed by atoms with Crippen LogP contribution >= 0.6 is 0 Å². The number of nitrogens with one attached hydrogen (secondary N) is 1. The van der Waals surface area contributed by atoms with E-state index in [0.717, 1.165) is 12.1 Å². The lowest BCUT2D eigenvalue weighted by Crippen LogP contribution is -2.55. The number of ether oxygens (including phenoxy) is 2. The van der Waals surface area contributed by atoms with E-state index in [1.807, 2.05) is 25.7 Å². The minimum atomic E-state index is -4.82. The van der Waals surface area contributed by atoms with Gasteiger partial charge in [-0.2, -0.15) is 0 Å². The SMILES string of the molecule is CC(C)(C)C(=O)N1CCN(CC(CS(=O)(=O)c2ccc(Oc3ccc(OC(F)(F)F)cc3)cc2)NC(=O)O)CC1. The smallest absolute Gasteiger partial charge is 0.465 e. The average Bonchev–Trinajstić information content (AvgIpc) is 2.83. The first-order valence-corrected chi connectivity index (χ1v) is 14.0. The standard InChI is InChI=1S/C26H32F3N3O7S/c1-25(2,3)23(33)32-14-12-31(13-15-32)16-18(30-24(34)35)17-40(36,37)22-10-8-20(9-11-22)38-19-4-6-21(7-5-19)39-26(27,28)29/h4-11,18,30H,12-17H2,1-3H3,(H,34,35). The number of amides is 2. The van der Waals surface area contributed by atoms with Crippen LogP contribution in [-0.4, -0.2) is 86.2 Å². The highest BCUT2D eigenvalue weighted by Crippen LogP contribution is 2.28. The molecule has 0 saturated carbocycles. The minimum absolute atomic E-state index is 0.0230. The predicted octanol–water partition coefficient (Wildman–Crippen LogP) is 3.98. The first-order chi connectivity index (χ1) is 18.5. The maximum absolute atomic E-state index is 13.1. The molecule has 2 aromatic rings. The van der Waals surface area contributed by atoms with Crippen LogP contribution in [0.25, 0.3) is 0 Å². The van der Waals surface area contributed by atoms with E-state index < -0.39 is 45.3 Å². The van der Waals surface area contributed by atoms with Crippen LogP contribution < -0.4 is 14.8 Å². The van der Waals surface area contributed by atoms with Crippen molar-refractivity contribution >= 4 is 21.8 Å². The molecule has 2 aromatic carbocycles. The Morgan fingerprint density at radius 2 is 1.43 bits per heavy atom. The maximum Gasteiger partial charge on any atom is 0.573 e. The van der Waals surface area contributed by atoms with Crippen molar-refractivity contribution in [3.8, 4) is 17.2 Å². The van der Waals surface area contributed by atoms with Gasteiger partial charge in [-0.25, -0.2) is 13.2 Å². The fourth-order valence-corrected chi connectivity index (χ4v) is 5.62. The number of hydrogen-bond donors (Lipinski definition) is 2. The summed E-state index contributed by atoms with van der Waals surface area (Å²) in [4.78, 5) is 27.5. The molecule has 220 valence electrons. The van der Waals surface area contributed by atoms with Gasteiger partial charge >= 0.3 is 12.5 Å². The first kappa shape index (κ1) is 31.0. The van der Waals surface area contributed by atoms with Crippen molar-refractivity contribution in [3.05, 3.63) is 48.5 Å². The van der Waals surface area contributed by atoms with Crippen LogP contribution in [0.1, 0.15) is 20.8 Å². The quantitative estimate of drug-likeness (QED) is 0.452. The van der Waals surface area contributed by atoms with Crippen molar-refractivity contribution in [1.29, 1.82) is 0 Å². The monoisotopic (exact) mass is 587 g/mol. The van der Waals surface area contributed by atoms with E-state index in [1.165, 1.54) is 36.4 Å². The fraction of sp³-hybridized carbons (Fsp3) is 0.462. The highest BCUT2D eigenvalue weighted by atomic mass is 32.2. The number of rotatable bonds is 9. The second-order valence-corrected chi connectivity index (χ2v) is 12.4. The molecule has 0 spiro atoms. The summed E-state index contributed by atoms with van der Waals surface area (Å²) in [7, 11) is -3.91. The topological polar surface area (TPSA) is 125 Å². The van der Waals surface area contributed by atoms with Crippen molar-refractivity contribution in [2.24, 2.45) is 5.41 Å². The van der Waals surface area contributed by atoms with Gasteiger partial charge in [-0.1, -0.05) is 20.8 Å². The number of nitrogens with zero attached hydrogens (tertiary/aromatic N) is 2. The van der Waals surface area contributed by atoms with E-state index in [9.17, 15) is 36.3 Å². The number of benzene rings is 2. The third kappa shape index (κ3) is 9.30. The number of piperazine rings is 1. The Labute approximate surface area is 230 Å². The number of halogens is 3. The fourth-order valence-electron chi connectivity index (χ4n) is 4.16. The Kier molecular flexibility index (Phi) is 9.56. The van der Waals surface area contributed by atoms with Gasteiger partial charge in [0, 0.05) is 38.1 Å².